The van der Waals surface area contributed by atoms with Crippen LogP contribution >= 0.6 is 0 Å². The first-order valence-electron chi connectivity index (χ1n) is 11.7. The number of nitrogens with one attached hydrogen (secondary N) is 2. The predicted octanol–water partition coefficient (Wildman–Crippen LogP) is 2.40. The molecule has 3 aromatic rings. The van der Waals surface area contributed by atoms with Crippen molar-refractivity contribution < 1.29 is 4.79 Å². The van der Waals surface area contributed by atoms with E-state index in [1.54, 1.807) is 7.05 Å². The Bertz CT molecular complexity index is 1270. The minimum atomic E-state index is -0.160. The maximum Gasteiger partial charge on any atom is 0.269 e. The van der Waals surface area contributed by atoms with E-state index in [4.69, 9.17) is 0 Å². The van der Waals surface area contributed by atoms with Gasteiger partial charge in [0.25, 0.3) is 11.5 Å². The summed E-state index contributed by atoms with van der Waals surface area (Å²) in [6, 6.07) is 8.73. The molecule has 2 fully saturated rings. The second-order valence-corrected chi connectivity index (χ2v) is 9.01. The first-order chi connectivity index (χ1) is 16.0. The number of aryl methyl sites for hydroxylation is 2. The zero-order valence-electron chi connectivity index (χ0n) is 19.4. The summed E-state index contributed by atoms with van der Waals surface area (Å²) in [6.45, 7) is 6.64. The molecule has 0 bridgehead atoms. The Morgan fingerprint density at radius 2 is 2.03 bits per heavy atom. The molecule has 1 aliphatic heterocycles. The first-order valence-corrected chi connectivity index (χ1v) is 11.7. The summed E-state index contributed by atoms with van der Waals surface area (Å²) in [6.07, 6.45) is 4.96. The number of aromatic amines is 1. The minimum Gasteiger partial charge on any atom is -0.364 e. The molecule has 33 heavy (non-hydrogen) atoms. The third-order valence-corrected chi connectivity index (χ3v) is 7.12. The number of pyridine rings is 3. The second-order valence-electron chi connectivity index (χ2n) is 9.01. The van der Waals surface area contributed by atoms with Gasteiger partial charge < -0.3 is 15.2 Å². The summed E-state index contributed by atoms with van der Waals surface area (Å²) in [5.74, 6) is -0.160. The van der Waals surface area contributed by atoms with Crippen molar-refractivity contribution >= 4 is 22.6 Å². The molecule has 2 atom stereocenters. The second kappa shape index (κ2) is 8.59. The van der Waals surface area contributed by atoms with Crippen LogP contribution in [0.5, 0.6) is 0 Å². The van der Waals surface area contributed by atoms with E-state index in [-0.39, 0.29) is 11.5 Å². The molecule has 5 rings (SSSR count). The highest BCUT2D eigenvalue weighted by Crippen LogP contribution is 2.38. The van der Waals surface area contributed by atoms with Crippen molar-refractivity contribution in [3.8, 4) is 0 Å². The van der Waals surface area contributed by atoms with Crippen LogP contribution in [0.3, 0.4) is 0 Å². The maximum atomic E-state index is 12.2. The van der Waals surface area contributed by atoms with Gasteiger partial charge in [-0.25, -0.2) is 4.98 Å². The van der Waals surface area contributed by atoms with Crippen LogP contribution in [0.25, 0.3) is 11.0 Å². The van der Waals surface area contributed by atoms with Crippen molar-refractivity contribution in [1.82, 2.24) is 25.2 Å². The summed E-state index contributed by atoms with van der Waals surface area (Å²) in [5, 5.41) is 2.64. The van der Waals surface area contributed by atoms with Crippen LogP contribution in [0.2, 0.25) is 0 Å². The Balaban J connectivity index is 1.33. The van der Waals surface area contributed by atoms with Crippen LogP contribution < -0.4 is 15.8 Å². The molecule has 1 aliphatic carbocycles. The van der Waals surface area contributed by atoms with E-state index in [2.05, 4.69) is 36.1 Å². The Kier molecular flexibility index (Phi) is 5.62. The van der Waals surface area contributed by atoms with E-state index in [9.17, 15) is 9.59 Å². The largest absolute Gasteiger partial charge is 0.364 e. The van der Waals surface area contributed by atoms with Crippen LogP contribution in [0.1, 0.15) is 47.1 Å². The standard InChI is InChI=1S/C25H30N6O2/c1-4-17-12-19-20(29-24(17)32)11-16(13-27-19)14-30-9-10-31(23-8-7-22(23)30)21-6-5-18(25(33)26-3)28-15(21)2/h5-6,11-13,22-23H,4,7-10,14H2,1-3H3,(H,26,33)(H,29,32)/t22-,23+/m1/s1. The summed E-state index contributed by atoms with van der Waals surface area (Å²) in [5.41, 5.74) is 5.97. The lowest BCUT2D eigenvalue weighted by atomic mass is 9.81. The summed E-state index contributed by atoms with van der Waals surface area (Å²) in [4.78, 5) is 41.3. The highest BCUT2D eigenvalue weighted by atomic mass is 16.1. The zero-order chi connectivity index (χ0) is 23.1. The average molecular weight is 447 g/mol. The molecular formula is C25H30N6O2. The Morgan fingerprint density at radius 1 is 1.21 bits per heavy atom. The van der Waals surface area contributed by atoms with Gasteiger partial charge in [0.2, 0.25) is 0 Å². The quantitative estimate of drug-likeness (QED) is 0.625. The Morgan fingerprint density at radius 3 is 2.73 bits per heavy atom. The molecule has 4 heterocycles. The number of H-pyrrole nitrogens is 1. The summed E-state index contributed by atoms with van der Waals surface area (Å²) >= 11 is 0. The van der Waals surface area contributed by atoms with Crippen LogP contribution in [-0.2, 0) is 13.0 Å². The molecular weight excluding hydrogens is 416 g/mol. The Hall–Kier alpha value is -3.26. The molecule has 0 unspecified atom stereocenters. The van der Waals surface area contributed by atoms with Crippen LogP contribution in [0.15, 0.2) is 35.3 Å². The molecule has 8 nitrogen and oxygen atoms in total. The van der Waals surface area contributed by atoms with Crippen molar-refractivity contribution in [2.45, 2.75) is 51.7 Å². The first kappa shape index (κ1) is 21.6. The zero-order valence-corrected chi connectivity index (χ0v) is 19.4. The maximum absolute atomic E-state index is 12.2. The fourth-order valence-electron chi connectivity index (χ4n) is 5.18. The van der Waals surface area contributed by atoms with Crippen LogP contribution in [0, 0.1) is 6.92 Å². The number of piperazine rings is 1. The van der Waals surface area contributed by atoms with Gasteiger partial charge in [-0.3, -0.25) is 19.5 Å². The normalized spacial score (nSPS) is 20.4. The molecule has 1 saturated heterocycles. The molecule has 2 aliphatic rings. The lowest BCUT2D eigenvalue weighted by Crippen LogP contribution is -2.64. The molecule has 172 valence electrons. The van der Waals surface area contributed by atoms with Gasteiger partial charge in [-0.05, 0) is 56.0 Å². The number of hydrogen-bond acceptors (Lipinski definition) is 6. The molecule has 0 aromatic carbocycles. The number of carbonyl (C=O) groups excluding carboxylic acids is 1. The molecule has 0 spiro atoms. The van der Waals surface area contributed by atoms with Gasteiger partial charge in [-0.15, -0.1) is 0 Å². The lowest BCUT2D eigenvalue weighted by Gasteiger charge is -2.55. The third-order valence-electron chi connectivity index (χ3n) is 7.12. The van der Waals surface area contributed by atoms with E-state index < -0.39 is 0 Å². The van der Waals surface area contributed by atoms with Gasteiger partial charge >= 0.3 is 0 Å². The monoisotopic (exact) mass is 446 g/mol. The van der Waals surface area contributed by atoms with E-state index >= 15 is 0 Å². The van der Waals surface area contributed by atoms with Gasteiger partial charge in [0.15, 0.2) is 0 Å². The van der Waals surface area contributed by atoms with Gasteiger partial charge in [0.05, 0.1) is 22.4 Å². The number of aromatic nitrogens is 3. The number of carbonyl (C=O) groups is 1. The van der Waals surface area contributed by atoms with Gasteiger partial charge in [-0.1, -0.05) is 6.92 Å². The van der Waals surface area contributed by atoms with E-state index in [0.29, 0.717) is 24.2 Å². The topological polar surface area (TPSA) is 94.2 Å². The molecule has 8 heteroatoms. The SMILES string of the molecule is CCc1cc2ncc(CN3CCN(c4ccc(C(=O)NC)nc4C)[C@H]4CC[C@H]43)cc2[nH]c1=O. The lowest BCUT2D eigenvalue weighted by molar-refractivity contribution is 0.0658. The number of rotatable bonds is 5. The number of nitrogens with zero attached hydrogens (tertiary/aromatic N) is 4. The fraction of sp³-hybridized carbons (Fsp3) is 0.440. The highest BCUT2D eigenvalue weighted by Gasteiger charge is 2.43. The fourth-order valence-corrected chi connectivity index (χ4v) is 5.18. The Labute approximate surface area is 193 Å². The van der Waals surface area contributed by atoms with E-state index in [1.165, 1.54) is 6.42 Å². The van der Waals surface area contributed by atoms with Crippen molar-refractivity contribution in [3.05, 3.63) is 63.3 Å². The number of fused-ring (bicyclic) bond motifs is 2. The van der Waals surface area contributed by atoms with Gasteiger partial charge in [0, 0.05) is 50.5 Å². The van der Waals surface area contributed by atoms with Crippen molar-refractivity contribution in [1.29, 1.82) is 0 Å². The molecule has 0 radical (unpaired) electrons. The van der Waals surface area contributed by atoms with Crippen LogP contribution in [-0.4, -0.2) is 58.0 Å². The number of hydrogen-bond donors (Lipinski definition) is 2. The summed E-state index contributed by atoms with van der Waals surface area (Å²) in [7, 11) is 1.62. The van der Waals surface area contributed by atoms with Crippen molar-refractivity contribution in [2.75, 3.05) is 25.0 Å². The molecule has 3 aromatic heterocycles. The van der Waals surface area contributed by atoms with Gasteiger partial charge in [-0.2, -0.15) is 0 Å². The highest BCUT2D eigenvalue weighted by molar-refractivity contribution is 5.92. The van der Waals surface area contributed by atoms with Crippen molar-refractivity contribution in [3.63, 3.8) is 0 Å². The third kappa shape index (κ3) is 3.88. The number of amides is 1. The molecule has 1 amide bonds. The predicted molar refractivity (Wildman–Crippen MR) is 129 cm³/mol. The van der Waals surface area contributed by atoms with Crippen molar-refractivity contribution in [2.24, 2.45) is 0 Å². The van der Waals surface area contributed by atoms with E-state index in [0.717, 1.165) is 59.6 Å². The molecule has 1 saturated carbocycles. The average Bonchev–Trinajstić information content (AvgIpc) is 2.79. The van der Waals surface area contributed by atoms with Gasteiger partial charge in [0.1, 0.15) is 5.69 Å². The molecule has 2 N–H and O–H groups in total. The minimum absolute atomic E-state index is 0.0250. The van der Waals surface area contributed by atoms with E-state index in [1.807, 2.05) is 38.2 Å². The summed E-state index contributed by atoms with van der Waals surface area (Å²) < 4.78 is 0. The smallest absolute Gasteiger partial charge is 0.269 e. The van der Waals surface area contributed by atoms with Crippen LogP contribution in [0.4, 0.5) is 5.69 Å². The number of anilines is 1.